The average molecular weight is 850 g/mol. The molecule has 0 saturated carbocycles. The van der Waals surface area contributed by atoms with E-state index in [-0.39, 0.29) is 48.1 Å². The summed E-state index contributed by atoms with van der Waals surface area (Å²) in [6, 6.07) is 11.5. The maximum absolute atomic E-state index is 15.3. The van der Waals surface area contributed by atoms with Gasteiger partial charge in [-0.25, -0.2) is 18.4 Å². The predicted molar refractivity (Wildman–Crippen MR) is 229 cm³/mol. The zero-order valence-electron chi connectivity index (χ0n) is 35.8. The third-order valence-electron chi connectivity index (χ3n) is 12.5. The van der Waals surface area contributed by atoms with Crippen molar-refractivity contribution in [2.45, 2.75) is 90.6 Å². The van der Waals surface area contributed by atoms with Crippen LogP contribution >= 0.6 is 0 Å². The molecular weight excluding hydrogens is 797 g/mol. The molecule has 2 aromatic carbocycles. The van der Waals surface area contributed by atoms with Gasteiger partial charge in [0.05, 0.1) is 41.0 Å². The van der Waals surface area contributed by atoms with Gasteiger partial charge in [-0.3, -0.25) is 34.8 Å². The Hall–Kier alpha value is -6.03. The Labute approximate surface area is 359 Å². The van der Waals surface area contributed by atoms with Crippen molar-refractivity contribution < 1.29 is 32.7 Å². The molecule has 62 heavy (non-hydrogen) atoms. The number of aromatic nitrogens is 5. The van der Waals surface area contributed by atoms with Gasteiger partial charge in [0.15, 0.2) is 0 Å². The van der Waals surface area contributed by atoms with Crippen LogP contribution in [0.25, 0.3) is 22.3 Å². The van der Waals surface area contributed by atoms with Crippen LogP contribution < -0.4 is 15.4 Å². The second kappa shape index (κ2) is 17.8. The lowest BCUT2D eigenvalue weighted by Gasteiger charge is -2.35. The Kier molecular flexibility index (Phi) is 12.2. The van der Waals surface area contributed by atoms with Gasteiger partial charge in [0, 0.05) is 61.5 Å². The molecule has 0 radical (unpaired) electrons. The van der Waals surface area contributed by atoms with Crippen molar-refractivity contribution in [3.05, 3.63) is 88.2 Å². The minimum atomic E-state index is -1.03. The fraction of sp³-hybridized carbons (Fsp3) is 0.457. The first-order chi connectivity index (χ1) is 29.7. The molecule has 3 aromatic heterocycles. The van der Waals surface area contributed by atoms with Crippen molar-refractivity contribution in [3.63, 3.8) is 0 Å². The van der Waals surface area contributed by atoms with Crippen molar-refractivity contribution >= 4 is 40.6 Å². The Balaban J connectivity index is 0.963. The Morgan fingerprint density at radius 3 is 2.47 bits per heavy atom. The number of piperidine rings is 2. The number of rotatable bonds is 7. The highest BCUT2D eigenvalue weighted by Gasteiger charge is 2.34. The van der Waals surface area contributed by atoms with Crippen molar-refractivity contribution in [1.29, 1.82) is 0 Å². The zero-order valence-corrected chi connectivity index (χ0v) is 35.8. The molecule has 2 N–H and O–H groups in total. The summed E-state index contributed by atoms with van der Waals surface area (Å²) in [5.74, 6) is -3.00. The molecule has 5 aromatic rings. The molecular formula is C46H53F2N9O5. The van der Waals surface area contributed by atoms with Crippen LogP contribution in [0.15, 0.2) is 48.7 Å². The normalized spacial score (nSPS) is 19.3. The number of amides is 4. The van der Waals surface area contributed by atoms with Crippen LogP contribution in [0.5, 0.6) is 5.88 Å². The predicted octanol–water partition coefficient (Wildman–Crippen LogP) is 6.73. The molecule has 0 aliphatic carbocycles. The molecule has 2 saturated heterocycles. The van der Waals surface area contributed by atoms with E-state index in [1.54, 1.807) is 29.1 Å². The number of nitrogens with one attached hydrogen (secondary N) is 2. The first-order valence-corrected chi connectivity index (χ1v) is 21.5. The number of hydrogen-bond acceptors (Lipinski definition) is 9. The molecule has 3 aliphatic heterocycles. The number of pyridine rings is 1. The number of imide groups is 1. The maximum atomic E-state index is 15.3. The topological polar surface area (TPSA) is 157 Å². The minimum absolute atomic E-state index is 0.0397. The number of aryl methyl sites for hydroxylation is 2. The van der Waals surface area contributed by atoms with Gasteiger partial charge in [-0.1, -0.05) is 6.92 Å². The van der Waals surface area contributed by atoms with Gasteiger partial charge in [-0.15, -0.1) is 0 Å². The van der Waals surface area contributed by atoms with E-state index in [0.29, 0.717) is 103 Å². The van der Waals surface area contributed by atoms with E-state index >= 15 is 8.78 Å². The van der Waals surface area contributed by atoms with Crippen LogP contribution in [-0.2, 0) is 23.2 Å². The molecule has 3 aliphatic rings. The maximum Gasteiger partial charge on any atom is 0.258 e. The summed E-state index contributed by atoms with van der Waals surface area (Å²) in [6.45, 7) is 11.5. The average Bonchev–Trinajstić information content (AvgIpc) is 3.77. The third kappa shape index (κ3) is 8.83. The lowest BCUT2D eigenvalue weighted by molar-refractivity contribution is -0.134. The number of nitrogens with zero attached hydrogens (tertiary/aromatic N) is 7. The van der Waals surface area contributed by atoms with Crippen molar-refractivity contribution in [3.8, 4) is 17.1 Å². The minimum Gasteiger partial charge on any atom is -0.477 e. The lowest BCUT2D eigenvalue weighted by atomic mass is 9.85. The summed E-state index contributed by atoms with van der Waals surface area (Å²) < 4.78 is 40.5. The van der Waals surface area contributed by atoms with Crippen LogP contribution in [0.2, 0.25) is 0 Å². The number of carbonyl (C=O) groups excluding carboxylic acids is 4. The number of likely N-dealkylation sites (tertiary alicyclic amines) is 1. The molecule has 8 rings (SSSR count). The first kappa shape index (κ1) is 42.7. The Morgan fingerprint density at radius 1 is 0.984 bits per heavy atom. The summed E-state index contributed by atoms with van der Waals surface area (Å²) >= 11 is 0. The summed E-state index contributed by atoms with van der Waals surface area (Å²) in [6.07, 6.45) is 4.81. The summed E-state index contributed by atoms with van der Waals surface area (Å²) in [5.41, 5.74) is 4.57. The smallest absolute Gasteiger partial charge is 0.258 e. The fourth-order valence-corrected chi connectivity index (χ4v) is 9.06. The van der Waals surface area contributed by atoms with Crippen LogP contribution in [0.4, 0.5) is 14.7 Å². The second-order valence-electron chi connectivity index (χ2n) is 17.3. The third-order valence-corrected chi connectivity index (χ3v) is 12.5. The summed E-state index contributed by atoms with van der Waals surface area (Å²) in [7, 11) is 1.82. The molecule has 4 amide bonds. The van der Waals surface area contributed by atoms with E-state index in [2.05, 4.69) is 27.6 Å². The van der Waals surface area contributed by atoms with Gasteiger partial charge >= 0.3 is 0 Å². The van der Waals surface area contributed by atoms with E-state index in [4.69, 9.17) is 14.7 Å². The van der Waals surface area contributed by atoms with Crippen molar-refractivity contribution in [2.75, 3.05) is 38.1 Å². The van der Waals surface area contributed by atoms with Crippen LogP contribution in [0.1, 0.15) is 109 Å². The van der Waals surface area contributed by atoms with Crippen molar-refractivity contribution in [2.24, 2.45) is 13.0 Å². The van der Waals surface area contributed by atoms with Gasteiger partial charge < -0.3 is 19.1 Å². The van der Waals surface area contributed by atoms with Crippen LogP contribution in [0, 0.1) is 24.5 Å². The Bertz CT molecular complexity index is 2520. The molecule has 0 spiro atoms. The molecule has 14 nitrogen and oxygen atoms in total. The fourth-order valence-electron chi connectivity index (χ4n) is 9.06. The standard InChI is InChI=1S/C46H53F2N9O5/c1-26(2)56(17-16-55-14-12-29(13-15-55)31-20-35(47)41(36(48)21-31)33-9-11-40(58)52-43(33)60)44(61)30-8-10-37-39(23-30)57-25-27(3)7-6-18-62-45-34(24-49-54(45)5)38-22-32(19-28(4)50-38)42(59)53-46(57)51-37/h8,10,19-24,26-27,29,33H,6-7,9,11-18,25H2,1-5H3,(H,51,53,59)(H,52,58,60)/t27-,33-/m1/s1. The van der Waals surface area contributed by atoms with Gasteiger partial charge in [-0.05, 0) is 126 Å². The molecule has 326 valence electrons. The first-order valence-electron chi connectivity index (χ1n) is 21.5. The number of ether oxygens (including phenoxy) is 1. The molecule has 2 bridgehead atoms. The number of imidazole rings is 1. The highest BCUT2D eigenvalue weighted by atomic mass is 19.1. The molecule has 2 fully saturated rings. The van der Waals surface area contributed by atoms with Gasteiger partial charge in [0.25, 0.3) is 11.8 Å². The number of fused-ring (bicyclic) bond motifs is 7. The molecule has 2 atom stereocenters. The van der Waals surface area contributed by atoms with Crippen LogP contribution in [-0.4, -0.2) is 96.6 Å². The SMILES string of the molecule is Cc1cc2cc(n1)-c1cnn(C)c1OCCC[C@@H](C)Cn1c(nc3ccc(C(=O)N(CCN4CCC(c5cc(F)c([C@H]6CCC(=O)NC6=O)c(F)c5)CC4)C(C)C)cc31)NC2=O. The zero-order chi connectivity index (χ0) is 43.8. The monoisotopic (exact) mass is 849 g/mol. The lowest BCUT2D eigenvalue weighted by Crippen LogP contribution is -2.44. The van der Waals surface area contributed by atoms with Gasteiger partial charge in [-0.2, -0.15) is 5.10 Å². The van der Waals surface area contributed by atoms with Gasteiger partial charge in [0.2, 0.25) is 23.6 Å². The van der Waals surface area contributed by atoms with E-state index in [1.807, 2.05) is 49.4 Å². The highest BCUT2D eigenvalue weighted by Crippen LogP contribution is 2.35. The highest BCUT2D eigenvalue weighted by molar-refractivity contribution is 6.05. The largest absolute Gasteiger partial charge is 0.477 e. The van der Waals surface area contributed by atoms with E-state index in [0.717, 1.165) is 18.4 Å². The number of benzene rings is 2. The summed E-state index contributed by atoms with van der Waals surface area (Å²) in [5, 5.41) is 9.63. The number of halogens is 2. The number of hydrogen-bond donors (Lipinski definition) is 2. The molecule has 0 unspecified atom stereocenters. The molecule has 6 heterocycles. The number of carbonyl (C=O) groups is 4. The molecule has 16 heteroatoms. The summed E-state index contributed by atoms with van der Waals surface area (Å²) in [4.78, 5) is 65.8. The Morgan fingerprint density at radius 2 is 1.74 bits per heavy atom. The van der Waals surface area contributed by atoms with Crippen molar-refractivity contribution in [1.82, 2.24) is 39.4 Å². The van der Waals surface area contributed by atoms with E-state index in [9.17, 15) is 19.2 Å². The van der Waals surface area contributed by atoms with Gasteiger partial charge in [0.1, 0.15) is 11.6 Å². The number of anilines is 1. The van der Waals surface area contributed by atoms with E-state index < -0.39 is 29.4 Å². The quantitative estimate of drug-likeness (QED) is 0.170. The van der Waals surface area contributed by atoms with E-state index in [1.165, 1.54) is 12.1 Å². The second-order valence-corrected chi connectivity index (χ2v) is 17.3. The van der Waals surface area contributed by atoms with Crippen LogP contribution in [0.3, 0.4) is 0 Å².